The SMILES string of the molecule is CC1CCN(C(CN)c2cc(Br)ccc2F)C(C)C1. The monoisotopic (exact) mass is 328 g/mol. The zero-order valence-electron chi connectivity index (χ0n) is 11.6. The Hall–Kier alpha value is -0.450. The molecule has 1 heterocycles. The smallest absolute Gasteiger partial charge is 0.128 e. The van der Waals surface area contributed by atoms with E-state index in [9.17, 15) is 4.39 Å². The van der Waals surface area contributed by atoms with Gasteiger partial charge in [-0.15, -0.1) is 0 Å². The van der Waals surface area contributed by atoms with Gasteiger partial charge in [-0.3, -0.25) is 4.90 Å². The molecule has 1 saturated heterocycles. The van der Waals surface area contributed by atoms with Crippen molar-refractivity contribution in [3.8, 4) is 0 Å². The van der Waals surface area contributed by atoms with Crippen LogP contribution in [0.25, 0.3) is 0 Å². The average Bonchev–Trinajstić information content (AvgIpc) is 2.36. The zero-order chi connectivity index (χ0) is 14.0. The van der Waals surface area contributed by atoms with Crippen molar-refractivity contribution in [3.63, 3.8) is 0 Å². The lowest BCUT2D eigenvalue weighted by atomic mass is 9.90. The highest BCUT2D eigenvalue weighted by Crippen LogP contribution is 2.32. The molecule has 0 aromatic heterocycles. The van der Waals surface area contributed by atoms with Crippen LogP contribution in [0.3, 0.4) is 0 Å². The first kappa shape index (κ1) is 14.9. The van der Waals surface area contributed by atoms with E-state index in [1.165, 1.54) is 6.07 Å². The molecule has 1 fully saturated rings. The highest BCUT2D eigenvalue weighted by Gasteiger charge is 2.30. The summed E-state index contributed by atoms with van der Waals surface area (Å²) < 4.78 is 15.0. The minimum Gasteiger partial charge on any atom is -0.329 e. The second-order valence-electron chi connectivity index (χ2n) is 5.63. The Morgan fingerprint density at radius 3 is 2.84 bits per heavy atom. The van der Waals surface area contributed by atoms with E-state index >= 15 is 0 Å². The van der Waals surface area contributed by atoms with Crippen LogP contribution in [0.1, 0.15) is 38.3 Å². The fourth-order valence-electron chi connectivity index (χ4n) is 3.10. The highest BCUT2D eigenvalue weighted by atomic mass is 79.9. The minimum absolute atomic E-state index is 0.0278. The molecule has 0 radical (unpaired) electrons. The normalized spacial score (nSPS) is 26.4. The Morgan fingerprint density at radius 2 is 2.21 bits per heavy atom. The van der Waals surface area contributed by atoms with E-state index in [1.54, 1.807) is 6.07 Å². The Bertz CT molecular complexity index is 438. The summed E-state index contributed by atoms with van der Waals surface area (Å²) in [6.07, 6.45) is 2.32. The maximum absolute atomic E-state index is 14.1. The molecule has 0 spiro atoms. The topological polar surface area (TPSA) is 29.3 Å². The predicted octanol–water partition coefficient (Wildman–Crippen LogP) is 3.71. The number of piperidine rings is 1. The number of rotatable bonds is 3. The number of benzene rings is 1. The lowest BCUT2D eigenvalue weighted by Gasteiger charge is -2.41. The average molecular weight is 329 g/mol. The molecule has 106 valence electrons. The summed E-state index contributed by atoms with van der Waals surface area (Å²) in [4.78, 5) is 2.35. The van der Waals surface area contributed by atoms with E-state index in [0.717, 1.165) is 29.8 Å². The number of halogens is 2. The highest BCUT2D eigenvalue weighted by molar-refractivity contribution is 9.10. The molecular formula is C15H22BrFN2. The molecule has 0 amide bonds. The standard InChI is InChI=1S/C15H22BrFN2/c1-10-5-6-19(11(2)7-10)15(9-18)13-8-12(16)3-4-14(13)17/h3-4,8,10-11,15H,5-7,9,18H2,1-2H3. The fourth-order valence-corrected chi connectivity index (χ4v) is 3.48. The maximum Gasteiger partial charge on any atom is 0.128 e. The van der Waals surface area contributed by atoms with Gasteiger partial charge >= 0.3 is 0 Å². The molecule has 2 rings (SSSR count). The molecule has 2 N–H and O–H groups in total. The molecule has 1 aromatic rings. The van der Waals surface area contributed by atoms with Gasteiger partial charge in [0.05, 0.1) is 6.04 Å². The molecule has 19 heavy (non-hydrogen) atoms. The lowest BCUT2D eigenvalue weighted by molar-refractivity contribution is 0.0830. The number of nitrogens with two attached hydrogens (primary N) is 1. The molecule has 4 heteroatoms. The zero-order valence-corrected chi connectivity index (χ0v) is 13.2. The quantitative estimate of drug-likeness (QED) is 0.916. The van der Waals surface area contributed by atoms with E-state index in [1.807, 2.05) is 6.07 Å². The van der Waals surface area contributed by atoms with Gasteiger partial charge in [-0.05, 0) is 50.4 Å². The Morgan fingerprint density at radius 1 is 1.47 bits per heavy atom. The third-order valence-electron chi connectivity index (χ3n) is 4.13. The van der Waals surface area contributed by atoms with Gasteiger partial charge in [0, 0.05) is 22.6 Å². The van der Waals surface area contributed by atoms with E-state index in [4.69, 9.17) is 5.73 Å². The van der Waals surface area contributed by atoms with Crippen LogP contribution in [0.15, 0.2) is 22.7 Å². The van der Waals surface area contributed by atoms with Gasteiger partial charge in [0.25, 0.3) is 0 Å². The van der Waals surface area contributed by atoms with Crippen LogP contribution in [0.4, 0.5) is 4.39 Å². The van der Waals surface area contributed by atoms with Crippen LogP contribution in [0, 0.1) is 11.7 Å². The Labute approximate surface area is 123 Å². The molecule has 0 aliphatic carbocycles. The fraction of sp³-hybridized carbons (Fsp3) is 0.600. The number of nitrogens with zero attached hydrogens (tertiary/aromatic N) is 1. The van der Waals surface area contributed by atoms with Gasteiger partial charge in [0.15, 0.2) is 0 Å². The molecule has 1 aromatic carbocycles. The second-order valence-corrected chi connectivity index (χ2v) is 6.55. The summed E-state index contributed by atoms with van der Waals surface area (Å²) in [6, 6.07) is 5.53. The van der Waals surface area contributed by atoms with Crippen LogP contribution in [0.5, 0.6) is 0 Å². The lowest BCUT2D eigenvalue weighted by Crippen LogP contribution is -2.45. The molecule has 0 saturated carbocycles. The molecule has 1 aliphatic heterocycles. The van der Waals surface area contributed by atoms with Crippen molar-refractivity contribution in [2.45, 2.75) is 38.8 Å². The molecule has 2 nitrogen and oxygen atoms in total. The van der Waals surface area contributed by atoms with Crippen molar-refractivity contribution in [2.24, 2.45) is 11.7 Å². The Balaban J connectivity index is 2.26. The summed E-state index contributed by atoms with van der Waals surface area (Å²) in [5.41, 5.74) is 6.63. The first-order valence-corrected chi connectivity index (χ1v) is 7.73. The number of likely N-dealkylation sites (tertiary alicyclic amines) is 1. The molecule has 3 unspecified atom stereocenters. The third-order valence-corrected chi connectivity index (χ3v) is 4.62. The third kappa shape index (κ3) is 3.36. The number of hydrogen-bond acceptors (Lipinski definition) is 2. The van der Waals surface area contributed by atoms with Crippen molar-refractivity contribution in [1.82, 2.24) is 4.90 Å². The predicted molar refractivity (Wildman–Crippen MR) is 80.5 cm³/mol. The maximum atomic E-state index is 14.1. The van der Waals surface area contributed by atoms with Crippen LogP contribution < -0.4 is 5.73 Å². The van der Waals surface area contributed by atoms with Gasteiger partial charge in [-0.2, -0.15) is 0 Å². The van der Waals surface area contributed by atoms with Crippen molar-refractivity contribution in [2.75, 3.05) is 13.1 Å². The molecular weight excluding hydrogens is 307 g/mol. The summed E-state index contributed by atoms with van der Waals surface area (Å²) in [7, 11) is 0. The minimum atomic E-state index is -0.163. The van der Waals surface area contributed by atoms with Gasteiger partial charge in [-0.1, -0.05) is 22.9 Å². The van der Waals surface area contributed by atoms with E-state index < -0.39 is 0 Å². The Kier molecular flexibility index (Phi) is 4.98. The van der Waals surface area contributed by atoms with Gasteiger partial charge < -0.3 is 5.73 Å². The molecule has 1 aliphatic rings. The van der Waals surface area contributed by atoms with Crippen molar-refractivity contribution >= 4 is 15.9 Å². The summed E-state index contributed by atoms with van der Waals surface area (Å²) >= 11 is 3.42. The summed E-state index contributed by atoms with van der Waals surface area (Å²) in [5.74, 6) is 0.585. The summed E-state index contributed by atoms with van der Waals surface area (Å²) in [6.45, 7) is 5.95. The van der Waals surface area contributed by atoms with Crippen LogP contribution in [-0.2, 0) is 0 Å². The number of hydrogen-bond donors (Lipinski definition) is 1. The van der Waals surface area contributed by atoms with E-state index in [0.29, 0.717) is 18.2 Å². The van der Waals surface area contributed by atoms with Crippen LogP contribution in [0.2, 0.25) is 0 Å². The first-order chi connectivity index (χ1) is 9.02. The van der Waals surface area contributed by atoms with Crippen LogP contribution >= 0.6 is 15.9 Å². The van der Waals surface area contributed by atoms with Crippen LogP contribution in [-0.4, -0.2) is 24.0 Å². The van der Waals surface area contributed by atoms with Gasteiger partial charge in [-0.25, -0.2) is 4.39 Å². The first-order valence-electron chi connectivity index (χ1n) is 6.93. The van der Waals surface area contributed by atoms with Crippen molar-refractivity contribution in [1.29, 1.82) is 0 Å². The largest absolute Gasteiger partial charge is 0.329 e. The van der Waals surface area contributed by atoms with Crippen molar-refractivity contribution < 1.29 is 4.39 Å². The molecule has 3 atom stereocenters. The summed E-state index contributed by atoms with van der Waals surface area (Å²) in [5, 5.41) is 0. The van der Waals surface area contributed by atoms with E-state index in [2.05, 4.69) is 34.7 Å². The van der Waals surface area contributed by atoms with Gasteiger partial charge in [0.2, 0.25) is 0 Å². The second kappa shape index (κ2) is 6.33. The van der Waals surface area contributed by atoms with Gasteiger partial charge in [0.1, 0.15) is 5.82 Å². The van der Waals surface area contributed by atoms with E-state index in [-0.39, 0.29) is 11.9 Å². The molecule has 0 bridgehead atoms. The van der Waals surface area contributed by atoms with Crippen molar-refractivity contribution in [3.05, 3.63) is 34.1 Å².